The van der Waals surface area contributed by atoms with E-state index in [0.717, 1.165) is 10.1 Å². The maximum absolute atomic E-state index is 13.4. The molecule has 0 saturated carbocycles. The van der Waals surface area contributed by atoms with Gasteiger partial charge in [0, 0.05) is 25.2 Å². The molecule has 0 spiro atoms. The molecule has 5 nitrogen and oxygen atoms in total. The number of hydrogen-bond donors (Lipinski definition) is 0. The Bertz CT molecular complexity index is 1270. The van der Waals surface area contributed by atoms with E-state index in [9.17, 15) is 14.0 Å². The Kier molecular flexibility index (Phi) is 3.96. The average molecular weight is 361 g/mol. The minimum atomic E-state index is -0.449. The van der Waals surface area contributed by atoms with E-state index >= 15 is 0 Å². The molecule has 0 saturated heterocycles. The molecule has 2 aromatic heterocycles. The topological polar surface area (TPSA) is 56.9 Å². The molecule has 0 aliphatic rings. The molecule has 6 heteroatoms. The monoisotopic (exact) mass is 361 g/mol. The SMILES string of the molecule is Cn1c(=O)c2c(-c3ccc(F)cc3)cc(-c3ccccc3)nc2n(C)c1=O. The van der Waals surface area contributed by atoms with Crippen LogP contribution in [0.25, 0.3) is 33.4 Å². The van der Waals surface area contributed by atoms with Crippen LogP contribution in [0, 0.1) is 5.82 Å². The number of aryl methyl sites for hydroxylation is 1. The number of hydrogen-bond acceptors (Lipinski definition) is 3. The Hall–Kier alpha value is -3.54. The summed E-state index contributed by atoms with van der Waals surface area (Å²) < 4.78 is 15.8. The summed E-state index contributed by atoms with van der Waals surface area (Å²) in [6.45, 7) is 0. The van der Waals surface area contributed by atoms with Crippen molar-refractivity contribution in [2.24, 2.45) is 14.1 Å². The van der Waals surface area contributed by atoms with Crippen LogP contribution in [0.3, 0.4) is 0 Å². The summed E-state index contributed by atoms with van der Waals surface area (Å²) in [5.74, 6) is -0.360. The van der Waals surface area contributed by atoms with Gasteiger partial charge >= 0.3 is 5.69 Å². The van der Waals surface area contributed by atoms with Crippen LogP contribution in [-0.4, -0.2) is 14.1 Å². The highest BCUT2D eigenvalue weighted by atomic mass is 19.1. The standard InChI is InChI=1S/C21H16FN3O2/c1-24-19-18(20(26)25(2)21(24)27)16(13-8-10-15(22)11-9-13)12-17(23-19)14-6-4-3-5-7-14/h3-12H,1-2H3. The van der Waals surface area contributed by atoms with Gasteiger partial charge in [-0.3, -0.25) is 13.9 Å². The largest absolute Gasteiger partial charge is 0.332 e. The lowest BCUT2D eigenvalue weighted by molar-refractivity contribution is 0.628. The smallest absolute Gasteiger partial charge is 0.280 e. The van der Waals surface area contributed by atoms with Crippen molar-refractivity contribution in [3.63, 3.8) is 0 Å². The molecule has 4 aromatic rings. The number of benzene rings is 2. The van der Waals surface area contributed by atoms with Gasteiger partial charge in [-0.2, -0.15) is 0 Å². The maximum atomic E-state index is 13.4. The van der Waals surface area contributed by atoms with Crippen LogP contribution in [0.15, 0.2) is 70.3 Å². The zero-order valence-corrected chi connectivity index (χ0v) is 14.8. The highest BCUT2D eigenvalue weighted by molar-refractivity contribution is 5.94. The Balaban J connectivity index is 2.18. The molecule has 0 N–H and O–H groups in total. The second-order valence-corrected chi connectivity index (χ2v) is 6.33. The lowest BCUT2D eigenvalue weighted by Crippen LogP contribution is -2.37. The van der Waals surface area contributed by atoms with Crippen LogP contribution in [0.5, 0.6) is 0 Å². The molecule has 0 atom stereocenters. The van der Waals surface area contributed by atoms with Gasteiger partial charge in [0.2, 0.25) is 0 Å². The van der Waals surface area contributed by atoms with Gasteiger partial charge < -0.3 is 0 Å². The summed E-state index contributed by atoms with van der Waals surface area (Å²) in [5, 5.41) is 0.325. The van der Waals surface area contributed by atoms with E-state index in [1.54, 1.807) is 25.2 Å². The van der Waals surface area contributed by atoms with Crippen LogP contribution in [0.2, 0.25) is 0 Å². The van der Waals surface area contributed by atoms with E-state index < -0.39 is 11.2 Å². The van der Waals surface area contributed by atoms with Crippen molar-refractivity contribution in [3.05, 3.63) is 87.3 Å². The van der Waals surface area contributed by atoms with Gasteiger partial charge in [-0.25, -0.2) is 14.2 Å². The first-order chi connectivity index (χ1) is 13.0. The van der Waals surface area contributed by atoms with E-state index in [2.05, 4.69) is 4.98 Å². The zero-order valence-electron chi connectivity index (χ0n) is 14.8. The number of fused-ring (bicyclic) bond motifs is 1. The Morgan fingerprint density at radius 2 is 1.52 bits per heavy atom. The summed E-state index contributed by atoms with van der Waals surface area (Å²) in [5.41, 5.74) is 2.19. The third-order valence-corrected chi connectivity index (χ3v) is 4.64. The Morgan fingerprint density at radius 1 is 0.852 bits per heavy atom. The maximum Gasteiger partial charge on any atom is 0.332 e. The molecule has 27 heavy (non-hydrogen) atoms. The highest BCUT2D eigenvalue weighted by Gasteiger charge is 2.17. The predicted molar refractivity (Wildman–Crippen MR) is 103 cm³/mol. The first-order valence-electron chi connectivity index (χ1n) is 8.39. The van der Waals surface area contributed by atoms with Gasteiger partial charge in [0.1, 0.15) is 5.82 Å². The Labute approximate surface area is 154 Å². The van der Waals surface area contributed by atoms with E-state index in [-0.39, 0.29) is 5.82 Å². The number of rotatable bonds is 2. The van der Waals surface area contributed by atoms with Gasteiger partial charge in [0.15, 0.2) is 5.65 Å². The predicted octanol–water partition coefficient (Wildman–Crippen LogP) is 3.11. The summed E-state index contributed by atoms with van der Waals surface area (Å²) in [6.07, 6.45) is 0. The van der Waals surface area contributed by atoms with Crippen molar-refractivity contribution < 1.29 is 4.39 Å². The molecule has 4 rings (SSSR count). The van der Waals surface area contributed by atoms with Gasteiger partial charge in [0.05, 0.1) is 11.1 Å². The molecule has 0 unspecified atom stereocenters. The van der Waals surface area contributed by atoms with Crippen LogP contribution in [-0.2, 0) is 14.1 Å². The van der Waals surface area contributed by atoms with E-state index in [0.29, 0.717) is 27.9 Å². The number of pyridine rings is 1. The minimum absolute atomic E-state index is 0.295. The van der Waals surface area contributed by atoms with Crippen molar-refractivity contribution in [3.8, 4) is 22.4 Å². The van der Waals surface area contributed by atoms with Crippen molar-refractivity contribution in [1.82, 2.24) is 14.1 Å². The number of halogens is 1. The first-order valence-corrected chi connectivity index (χ1v) is 8.39. The van der Waals surface area contributed by atoms with Gasteiger partial charge in [-0.15, -0.1) is 0 Å². The van der Waals surface area contributed by atoms with Crippen molar-refractivity contribution in [2.75, 3.05) is 0 Å². The molecular weight excluding hydrogens is 345 g/mol. The lowest BCUT2D eigenvalue weighted by Gasteiger charge is -2.13. The zero-order chi connectivity index (χ0) is 19.1. The molecule has 0 aliphatic heterocycles. The fraction of sp³-hybridized carbons (Fsp3) is 0.0952. The van der Waals surface area contributed by atoms with Gasteiger partial charge in [-0.1, -0.05) is 42.5 Å². The van der Waals surface area contributed by atoms with E-state index in [4.69, 9.17) is 0 Å². The first kappa shape index (κ1) is 16.9. The molecular formula is C21H16FN3O2. The molecule has 0 bridgehead atoms. The second kappa shape index (κ2) is 6.32. The minimum Gasteiger partial charge on any atom is -0.280 e. The fourth-order valence-corrected chi connectivity index (χ4v) is 3.17. The molecule has 0 aliphatic carbocycles. The Morgan fingerprint density at radius 3 is 2.19 bits per heavy atom. The normalized spacial score (nSPS) is 11.1. The summed E-state index contributed by atoms with van der Waals surface area (Å²) in [7, 11) is 3.02. The summed E-state index contributed by atoms with van der Waals surface area (Å²) in [6, 6.07) is 17.2. The highest BCUT2D eigenvalue weighted by Crippen LogP contribution is 2.30. The number of nitrogens with zero attached hydrogens (tertiary/aromatic N) is 3. The van der Waals surface area contributed by atoms with Crippen LogP contribution >= 0.6 is 0 Å². The number of aromatic nitrogens is 3. The van der Waals surface area contributed by atoms with Crippen molar-refractivity contribution >= 4 is 11.0 Å². The van der Waals surface area contributed by atoms with E-state index in [1.807, 2.05) is 30.3 Å². The fourth-order valence-electron chi connectivity index (χ4n) is 3.17. The molecule has 2 heterocycles. The molecule has 0 fully saturated rings. The van der Waals surface area contributed by atoms with Crippen molar-refractivity contribution in [1.29, 1.82) is 0 Å². The third-order valence-electron chi connectivity index (χ3n) is 4.64. The summed E-state index contributed by atoms with van der Waals surface area (Å²) in [4.78, 5) is 29.8. The molecule has 0 amide bonds. The van der Waals surface area contributed by atoms with Crippen LogP contribution in [0.1, 0.15) is 0 Å². The van der Waals surface area contributed by atoms with E-state index in [1.165, 1.54) is 23.7 Å². The van der Waals surface area contributed by atoms with Crippen molar-refractivity contribution in [2.45, 2.75) is 0 Å². The van der Waals surface area contributed by atoms with Gasteiger partial charge in [0.25, 0.3) is 5.56 Å². The second-order valence-electron chi connectivity index (χ2n) is 6.33. The average Bonchev–Trinajstić information content (AvgIpc) is 2.71. The van der Waals surface area contributed by atoms with Crippen LogP contribution < -0.4 is 11.2 Å². The molecule has 2 aromatic carbocycles. The summed E-state index contributed by atoms with van der Waals surface area (Å²) >= 11 is 0. The lowest BCUT2D eigenvalue weighted by atomic mass is 10.00. The molecule has 0 radical (unpaired) electrons. The quantitative estimate of drug-likeness (QED) is 0.551. The van der Waals surface area contributed by atoms with Gasteiger partial charge in [-0.05, 0) is 23.8 Å². The third kappa shape index (κ3) is 2.75. The van der Waals surface area contributed by atoms with Crippen LogP contribution in [0.4, 0.5) is 4.39 Å². The molecule has 134 valence electrons.